The van der Waals surface area contributed by atoms with Crippen molar-refractivity contribution in [2.45, 2.75) is 26.2 Å². The van der Waals surface area contributed by atoms with Gasteiger partial charge in [-0.25, -0.2) is 9.97 Å². The molecular weight excluding hydrogens is 425 g/mol. The average molecular weight is 440 g/mol. The third-order valence-electron chi connectivity index (χ3n) is 4.15. The van der Waals surface area contributed by atoms with Crippen LogP contribution in [0.25, 0.3) is 10.2 Å². The molecule has 0 aliphatic heterocycles. The molecule has 4 rings (SSSR count). The average Bonchev–Trinajstić information content (AvgIpc) is 3.33. The second-order valence-corrected chi connectivity index (χ2v) is 8.57. The summed E-state index contributed by atoms with van der Waals surface area (Å²) in [6.07, 6.45) is -1.67. The first-order valence-corrected chi connectivity index (χ1v) is 10.1. The van der Waals surface area contributed by atoms with E-state index in [1.54, 1.807) is 29.6 Å². The SMILES string of the molecule is Cc1cc2c(=O)[nH]c(Cn3cc(CN(C)c4nccs4)c(C(F)(F)F)n3)nc2s1. The van der Waals surface area contributed by atoms with Crippen molar-refractivity contribution in [1.82, 2.24) is 24.7 Å². The van der Waals surface area contributed by atoms with E-state index < -0.39 is 11.9 Å². The highest BCUT2D eigenvalue weighted by Crippen LogP contribution is 2.32. The predicted molar refractivity (Wildman–Crippen MR) is 106 cm³/mol. The van der Waals surface area contributed by atoms with Gasteiger partial charge in [-0.1, -0.05) is 0 Å². The van der Waals surface area contributed by atoms with Crippen molar-refractivity contribution in [2.75, 3.05) is 11.9 Å². The van der Waals surface area contributed by atoms with Crippen molar-refractivity contribution >= 4 is 38.0 Å². The maximum absolute atomic E-state index is 13.5. The molecule has 4 aromatic heterocycles. The Labute approximate surface area is 170 Å². The summed E-state index contributed by atoms with van der Waals surface area (Å²) >= 11 is 2.69. The van der Waals surface area contributed by atoms with Crippen molar-refractivity contribution in [1.29, 1.82) is 0 Å². The Kier molecular flexibility index (Phi) is 4.90. The van der Waals surface area contributed by atoms with Crippen LogP contribution in [0.4, 0.5) is 18.3 Å². The molecule has 0 aromatic carbocycles. The first kappa shape index (κ1) is 19.6. The van der Waals surface area contributed by atoms with E-state index in [-0.39, 0.29) is 30.0 Å². The van der Waals surface area contributed by atoms with Gasteiger partial charge >= 0.3 is 6.18 Å². The van der Waals surface area contributed by atoms with Crippen LogP contribution in [0.2, 0.25) is 0 Å². The molecule has 0 aliphatic rings. The van der Waals surface area contributed by atoms with Crippen LogP contribution in [0.1, 0.15) is 22.0 Å². The smallest absolute Gasteiger partial charge is 0.347 e. The van der Waals surface area contributed by atoms with Gasteiger partial charge in [0.05, 0.1) is 11.9 Å². The summed E-state index contributed by atoms with van der Waals surface area (Å²) in [5.74, 6) is 0.250. The maximum atomic E-state index is 13.5. The Morgan fingerprint density at radius 2 is 2.14 bits per heavy atom. The van der Waals surface area contributed by atoms with E-state index in [2.05, 4.69) is 20.1 Å². The van der Waals surface area contributed by atoms with Crippen LogP contribution in [-0.4, -0.2) is 31.8 Å². The number of H-pyrrole nitrogens is 1. The minimum atomic E-state index is -4.60. The zero-order valence-corrected chi connectivity index (χ0v) is 17.0. The standard InChI is InChI=1S/C17H15F3N6OS2/c1-9-5-11-14(27)22-12(23-15(11)29-9)8-26-7-10(13(24-26)17(18,19)20)6-25(2)16-21-3-4-28-16/h3-5,7H,6,8H2,1-2H3,(H,22,23,27). The number of halogens is 3. The van der Waals surface area contributed by atoms with Gasteiger partial charge in [0, 0.05) is 41.8 Å². The molecule has 0 radical (unpaired) electrons. The summed E-state index contributed by atoms with van der Waals surface area (Å²) in [6.45, 7) is 1.78. The molecule has 4 heterocycles. The molecule has 29 heavy (non-hydrogen) atoms. The predicted octanol–water partition coefficient (Wildman–Crippen LogP) is 3.65. The van der Waals surface area contributed by atoms with Gasteiger partial charge in [-0.15, -0.1) is 22.7 Å². The van der Waals surface area contributed by atoms with Crippen molar-refractivity contribution in [2.24, 2.45) is 0 Å². The molecule has 0 fully saturated rings. The summed E-state index contributed by atoms with van der Waals surface area (Å²) in [7, 11) is 1.67. The van der Waals surface area contributed by atoms with Gasteiger partial charge in [-0.2, -0.15) is 18.3 Å². The zero-order chi connectivity index (χ0) is 20.8. The van der Waals surface area contributed by atoms with Gasteiger partial charge < -0.3 is 9.88 Å². The molecule has 0 atom stereocenters. The topological polar surface area (TPSA) is 79.7 Å². The van der Waals surface area contributed by atoms with Crippen LogP contribution in [0, 0.1) is 6.92 Å². The van der Waals surface area contributed by atoms with E-state index in [1.165, 1.54) is 28.9 Å². The van der Waals surface area contributed by atoms with Gasteiger partial charge in [0.25, 0.3) is 5.56 Å². The van der Waals surface area contributed by atoms with Gasteiger partial charge in [-0.05, 0) is 13.0 Å². The Bertz CT molecular complexity index is 1210. The fourth-order valence-corrected chi connectivity index (χ4v) is 4.46. The molecule has 0 unspecified atom stereocenters. The van der Waals surface area contributed by atoms with Crippen LogP contribution in [0.5, 0.6) is 0 Å². The lowest BCUT2D eigenvalue weighted by Crippen LogP contribution is -2.19. The Morgan fingerprint density at radius 1 is 1.34 bits per heavy atom. The third kappa shape index (κ3) is 4.03. The zero-order valence-electron chi connectivity index (χ0n) is 15.3. The second-order valence-electron chi connectivity index (χ2n) is 6.46. The van der Waals surface area contributed by atoms with Crippen molar-refractivity contribution in [3.8, 4) is 0 Å². The number of nitrogens with zero attached hydrogens (tertiary/aromatic N) is 5. The Hall–Kier alpha value is -2.73. The number of thiophene rings is 1. The molecule has 0 spiro atoms. The molecular formula is C17H15F3N6OS2. The third-order valence-corrected chi connectivity index (χ3v) is 5.98. The normalized spacial score (nSPS) is 12.0. The van der Waals surface area contributed by atoms with Crippen LogP contribution < -0.4 is 10.5 Å². The van der Waals surface area contributed by atoms with E-state index in [1.807, 2.05) is 6.92 Å². The Balaban J connectivity index is 1.66. The first-order chi connectivity index (χ1) is 13.7. The number of hydrogen-bond donors (Lipinski definition) is 1. The van der Waals surface area contributed by atoms with E-state index in [0.717, 1.165) is 9.56 Å². The van der Waals surface area contributed by atoms with E-state index in [9.17, 15) is 18.0 Å². The number of aryl methyl sites for hydroxylation is 1. The molecule has 1 N–H and O–H groups in total. The summed E-state index contributed by atoms with van der Waals surface area (Å²) in [4.78, 5) is 26.4. The number of rotatable bonds is 5. The summed E-state index contributed by atoms with van der Waals surface area (Å²) in [6, 6.07) is 1.73. The van der Waals surface area contributed by atoms with E-state index in [0.29, 0.717) is 15.3 Å². The number of anilines is 1. The number of alkyl halides is 3. The molecule has 12 heteroatoms. The number of hydrogen-bond acceptors (Lipinski definition) is 7. The Morgan fingerprint density at radius 3 is 2.83 bits per heavy atom. The largest absolute Gasteiger partial charge is 0.435 e. The number of nitrogens with one attached hydrogen (secondary N) is 1. The first-order valence-electron chi connectivity index (χ1n) is 8.44. The molecule has 0 saturated carbocycles. The summed E-state index contributed by atoms with van der Waals surface area (Å²) < 4.78 is 41.6. The van der Waals surface area contributed by atoms with Crippen LogP contribution >= 0.6 is 22.7 Å². The molecule has 0 saturated heterocycles. The number of aromatic amines is 1. The van der Waals surface area contributed by atoms with Gasteiger partial charge in [-0.3, -0.25) is 9.48 Å². The fraction of sp³-hybridized carbons (Fsp3) is 0.294. The lowest BCUT2D eigenvalue weighted by molar-refractivity contribution is -0.142. The lowest BCUT2D eigenvalue weighted by atomic mass is 10.2. The number of fused-ring (bicyclic) bond motifs is 1. The van der Waals surface area contributed by atoms with E-state index in [4.69, 9.17) is 0 Å². The summed E-state index contributed by atoms with van der Waals surface area (Å²) in [5, 5.41) is 6.55. The second kappa shape index (κ2) is 7.26. The van der Waals surface area contributed by atoms with Crippen molar-refractivity contribution in [3.05, 3.63) is 56.2 Å². The van der Waals surface area contributed by atoms with E-state index >= 15 is 0 Å². The van der Waals surface area contributed by atoms with Gasteiger partial charge in [0.15, 0.2) is 10.8 Å². The maximum Gasteiger partial charge on any atom is 0.435 e. The molecule has 0 bridgehead atoms. The minimum Gasteiger partial charge on any atom is -0.347 e. The highest BCUT2D eigenvalue weighted by Gasteiger charge is 2.37. The molecule has 4 aromatic rings. The van der Waals surface area contributed by atoms with Crippen molar-refractivity contribution < 1.29 is 13.2 Å². The molecule has 152 valence electrons. The lowest BCUT2D eigenvalue weighted by Gasteiger charge is -2.15. The van der Waals surface area contributed by atoms with Gasteiger partial charge in [0.1, 0.15) is 10.7 Å². The van der Waals surface area contributed by atoms with Crippen LogP contribution in [-0.2, 0) is 19.3 Å². The summed E-state index contributed by atoms with van der Waals surface area (Å²) in [5.41, 5.74) is -1.26. The van der Waals surface area contributed by atoms with Crippen LogP contribution in [0.15, 0.2) is 28.6 Å². The minimum absolute atomic E-state index is 0.00450. The number of thiazole rings is 1. The molecule has 0 aliphatic carbocycles. The van der Waals surface area contributed by atoms with Gasteiger partial charge in [0.2, 0.25) is 0 Å². The molecule has 0 amide bonds. The quantitative estimate of drug-likeness (QED) is 0.513. The fourth-order valence-electron chi connectivity index (χ4n) is 2.95. The number of aromatic nitrogens is 5. The highest BCUT2D eigenvalue weighted by atomic mass is 32.1. The monoisotopic (exact) mass is 440 g/mol. The highest BCUT2D eigenvalue weighted by molar-refractivity contribution is 7.18. The molecule has 7 nitrogen and oxygen atoms in total. The van der Waals surface area contributed by atoms with Crippen molar-refractivity contribution in [3.63, 3.8) is 0 Å². The van der Waals surface area contributed by atoms with Crippen LogP contribution in [0.3, 0.4) is 0 Å².